The number of rotatable bonds is 2. The van der Waals surface area contributed by atoms with Crippen molar-refractivity contribution in [3.8, 4) is 0 Å². The lowest BCUT2D eigenvalue weighted by atomic mass is 9.99. The summed E-state index contributed by atoms with van der Waals surface area (Å²) in [4.78, 5) is 0.413. The summed E-state index contributed by atoms with van der Waals surface area (Å²) in [6.45, 7) is 5.76. The first-order valence-corrected chi connectivity index (χ1v) is 9.05. The number of nitrogens with zero attached hydrogens (tertiary/aromatic N) is 1. The van der Waals surface area contributed by atoms with Crippen molar-refractivity contribution >= 4 is 15.7 Å². The van der Waals surface area contributed by atoms with E-state index in [1.807, 2.05) is 57.2 Å². The normalized spacial score (nSPS) is 18.1. The first-order chi connectivity index (χ1) is 10.4. The first-order valence-electron chi connectivity index (χ1n) is 7.61. The smallest absolute Gasteiger partial charge is 0.263 e. The van der Waals surface area contributed by atoms with Crippen LogP contribution in [0.15, 0.2) is 47.4 Å². The summed E-state index contributed by atoms with van der Waals surface area (Å²) in [5, 5.41) is 0. The molecule has 0 bridgehead atoms. The van der Waals surface area contributed by atoms with Crippen molar-refractivity contribution in [2.75, 3.05) is 4.31 Å². The van der Waals surface area contributed by atoms with Crippen LogP contribution in [-0.4, -0.2) is 14.5 Å². The minimum atomic E-state index is -3.54. The van der Waals surface area contributed by atoms with Crippen molar-refractivity contribution in [3.63, 3.8) is 0 Å². The van der Waals surface area contributed by atoms with Crippen molar-refractivity contribution in [2.24, 2.45) is 0 Å². The molecular formula is C18H21NO2S. The first kappa shape index (κ1) is 15.1. The monoisotopic (exact) mass is 315 g/mol. The fourth-order valence-electron chi connectivity index (χ4n) is 3.11. The maximum atomic E-state index is 13.3. The minimum absolute atomic E-state index is 0.0280. The molecule has 3 nitrogen and oxygen atoms in total. The van der Waals surface area contributed by atoms with E-state index >= 15 is 0 Å². The number of hydrogen-bond donors (Lipinski definition) is 0. The van der Waals surface area contributed by atoms with E-state index < -0.39 is 10.0 Å². The number of benzene rings is 2. The molecule has 0 radical (unpaired) electrons. The lowest BCUT2D eigenvalue weighted by Crippen LogP contribution is -2.42. The summed E-state index contributed by atoms with van der Waals surface area (Å²) >= 11 is 0. The van der Waals surface area contributed by atoms with Gasteiger partial charge >= 0.3 is 0 Å². The number of aryl methyl sites for hydroxylation is 3. The molecule has 0 saturated heterocycles. The molecule has 0 saturated carbocycles. The average Bonchev–Trinajstić information content (AvgIpc) is 2.49. The molecule has 4 heteroatoms. The molecule has 0 spiro atoms. The second-order valence-corrected chi connectivity index (χ2v) is 7.87. The van der Waals surface area contributed by atoms with Crippen LogP contribution >= 0.6 is 0 Å². The van der Waals surface area contributed by atoms with Crippen molar-refractivity contribution in [1.82, 2.24) is 0 Å². The zero-order valence-electron chi connectivity index (χ0n) is 13.2. The van der Waals surface area contributed by atoms with Gasteiger partial charge in [-0.05, 0) is 62.4 Å². The molecule has 1 aliphatic heterocycles. The number of hydrogen-bond acceptors (Lipinski definition) is 2. The second kappa shape index (κ2) is 5.43. The molecule has 1 atom stereocenters. The molecule has 1 aliphatic rings. The SMILES string of the molecule is Cc1ccc(C)c(S(=O)(=O)N2c3ccccc3CC[C@@H]2C)c1. The summed E-state index contributed by atoms with van der Waals surface area (Å²) in [5.41, 5.74) is 3.68. The van der Waals surface area contributed by atoms with Crippen molar-refractivity contribution < 1.29 is 8.42 Å². The van der Waals surface area contributed by atoms with Crippen LogP contribution in [0.1, 0.15) is 30.0 Å². The Balaban J connectivity index is 2.19. The molecule has 3 rings (SSSR count). The van der Waals surface area contributed by atoms with E-state index in [0.717, 1.165) is 35.2 Å². The van der Waals surface area contributed by atoms with Crippen LogP contribution in [-0.2, 0) is 16.4 Å². The Morgan fingerprint density at radius 3 is 2.59 bits per heavy atom. The van der Waals surface area contributed by atoms with Crippen LogP contribution in [0.5, 0.6) is 0 Å². The van der Waals surface area contributed by atoms with Gasteiger partial charge in [0.15, 0.2) is 0 Å². The van der Waals surface area contributed by atoms with Crippen molar-refractivity contribution in [1.29, 1.82) is 0 Å². The Kier molecular flexibility index (Phi) is 3.73. The standard InChI is InChI=1S/C18H21NO2S/c1-13-8-9-14(2)18(12-13)22(20,21)19-15(3)10-11-16-6-4-5-7-17(16)19/h4-9,12,15H,10-11H2,1-3H3/t15-/m0/s1. The number of fused-ring (bicyclic) bond motifs is 1. The second-order valence-electron chi connectivity index (χ2n) is 6.09. The molecule has 116 valence electrons. The highest BCUT2D eigenvalue weighted by Crippen LogP contribution is 2.36. The molecule has 0 fully saturated rings. The van der Waals surface area contributed by atoms with Crippen molar-refractivity contribution in [2.45, 2.75) is 44.6 Å². The van der Waals surface area contributed by atoms with Crippen LogP contribution in [0.2, 0.25) is 0 Å². The third-order valence-corrected chi connectivity index (χ3v) is 6.41. The molecule has 0 amide bonds. The third-order valence-electron chi connectivity index (χ3n) is 4.34. The molecule has 1 heterocycles. The number of sulfonamides is 1. The Labute approximate surface area is 132 Å². The van der Waals surface area contributed by atoms with Crippen LogP contribution in [0.25, 0.3) is 0 Å². The van der Waals surface area contributed by atoms with Gasteiger partial charge in [0, 0.05) is 6.04 Å². The van der Waals surface area contributed by atoms with Gasteiger partial charge in [-0.25, -0.2) is 8.42 Å². The Morgan fingerprint density at radius 2 is 1.82 bits per heavy atom. The van der Waals surface area contributed by atoms with E-state index in [1.54, 1.807) is 10.4 Å². The van der Waals surface area contributed by atoms with E-state index in [9.17, 15) is 8.42 Å². The molecule has 2 aromatic rings. The topological polar surface area (TPSA) is 37.4 Å². The van der Waals surface area contributed by atoms with E-state index in [1.165, 1.54) is 0 Å². The Morgan fingerprint density at radius 1 is 1.09 bits per heavy atom. The third kappa shape index (κ3) is 2.41. The zero-order chi connectivity index (χ0) is 15.9. The van der Waals surface area contributed by atoms with E-state index in [4.69, 9.17) is 0 Å². The van der Waals surface area contributed by atoms with Gasteiger partial charge in [0.05, 0.1) is 10.6 Å². The molecule has 0 unspecified atom stereocenters. The van der Waals surface area contributed by atoms with Gasteiger partial charge in [0.2, 0.25) is 0 Å². The zero-order valence-corrected chi connectivity index (χ0v) is 14.0. The van der Waals surface area contributed by atoms with Gasteiger partial charge in [0.25, 0.3) is 10.0 Å². The van der Waals surface area contributed by atoms with Crippen LogP contribution in [0.4, 0.5) is 5.69 Å². The quantitative estimate of drug-likeness (QED) is 0.844. The fourth-order valence-corrected chi connectivity index (χ4v) is 5.15. The molecule has 0 N–H and O–H groups in total. The van der Waals surface area contributed by atoms with Gasteiger partial charge in [-0.1, -0.05) is 30.3 Å². The van der Waals surface area contributed by atoms with E-state index in [-0.39, 0.29) is 6.04 Å². The average molecular weight is 315 g/mol. The highest BCUT2D eigenvalue weighted by atomic mass is 32.2. The molecule has 0 aromatic heterocycles. The largest absolute Gasteiger partial charge is 0.264 e. The minimum Gasteiger partial charge on any atom is -0.263 e. The molecule has 2 aromatic carbocycles. The van der Waals surface area contributed by atoms with Gasteiger partial charge in [-0.2, -0.15) is 0 Å². The van der Waals surface area contributed by atoms with Gasteiger partial charge in [-0.3, -0.25) is 4.31 Å². The summed E-state index contributed by atoms with van der Waals surface area (Å²) in [6, 6.07) is 13.4. The summed E-state index contributed by atoms with van der Waals surface area (Å²) < 4.78 is 28.1. The molecular weight excluding hydrogens is 294 g/mol. The lowest BCUT2D eigenvalue weighted by Gasteiger charge is -2.36. The van der Waals surface area contributed by atoms with Crippen LogP contribution in [0.3, 0.4) is 0 Å². The maximum absolute atomic E-state index is 13.3. The number of anilines is 1. The predicted molar refractivity (Wildman–Crippen MR) is 89.8 cm³/mol. The Bertz CT molecular complexity index is 812. The van der Waals surface area contributed by atoms with Gasteiger partial charge in [-0.15, -0.1) is 0 Å². The Hall–Kier alpha value is -1.81. The molecule has 22 heavy (non-hydrogen) atoms. The summed E-state index contributed by atoms with van der Waals surface area (Å²) in [5.74, 6) is 0. The van der Waals surface area contributed by atoms with E-state index in [2.05, 4.69) is 0 Å². The summed E-state index contributed by atoms with van der Waals surface area (Å²) in [6.07, 6.45) is 1.78. The van der Waals surface area contributed by atoms with E-state index in [0.29, 0.717) is 4.90 Å². The van der Waals surface area contributed by atoms with Crippen molar-refractivity contribution in [3.05, 3.63) is 59.2 Å². The van der Waals surface area contributed by atoms with Crippen LogP contribution < -0.4 is 4.31 Å². The number of para-hydroxylation sites is 1. The van der Waals surface area contributed by atoms with Crippen LogP contribution in [0, 0.1) is 13.8 Å². The molecule has 0 aliphatic carbocycles. The predicted octanol–water partition coefficient (Wildman–Crippen LogP) is 3.83. The van der Waals surface area contributed by atoms with Gasteiger partial charge < -0.3 is 0 Å². The fraction of sp³-hybridized carbons (Fsp3) is 0.333. The lowest BCUT2D eigenvalue weighted by molar-refractivity contribution is 0.562. The highest BCUT2D eigenvalue weighted by molar-refractivity contribution is 7.93. The highest BCUT2D eigenvalue weighted by Gasteiger charge is 2.34. The van der Waals surface area contributed by atoms with Gasteiger partial charge in [0.1, 0.15) is 0 Å². The summed E-state index contributed by atoms with van der Waals surface area (Å²) in [7, 11) is -3.54. The maximum Gasteiger partial charge on any atom is 0.264 e.